The molecule has 14 rings (SSSR count). The number of aromatic nitrogens is 1. The average Bonchev–Trinajstić information content (AvgIpc) is 4.02. The smallest absolute Gasteiger partial charge is 0.0542 e. The Labute approximate surface area is 445 Å². The molecular formula is C72H56N4. The Balaban J connectivity index is 0.842. The molecule has 1 aromatic heterocycles. The Bertz CT molecular complexity index is 4000. The van der Waals surface area contributed by atoms with Crippen LogP contribution in [0.2, 0.25) is 0 Å². The molecule has 0 spiro atoms. The molecule has 2 atom stereocenters. The highest BCUT2D eigenvalue weighted by atomic mass is 15.2. The molecule has 0 saturated heterocycles. The first-order valence-corrected chi connectivity index (χ1v) is 26.9. The van der Waals surface area contributed by atoms with E-state index in [1.54, 1.807) is 0 Å². The zero-order valence-electron chi connectivity index (χ0n) is 42.3. The van der Waals surface area contributed by atoms with Crippen molar-refractivity contribution in [3.63, 3.8) is 0 Å². The van der Waals surface area contributed by atoms with Crippen LogP contribution in [-0.4, -0.2) is 10.6 Å². The van der Waals surface area contributed by atoms with Crippen molar-refractivity contribution in [2.45, 2.75) is 37.6 Å². The molecule has 76 heavy (non-hydrogen) atoms. The summed E-state index contributed by atoms with van der Waals surface area (Å²) in [4.78, 5) is 7.44. The van der Waals surface area contributed by atoms with E-state index in [0.717, 1.165) is 76.6 Å². The van der Waals surface area contributed by atoms with Gasteiger partial charge in [-0.05, 0) is 180 Å². The number of hydrogen-bond donors (Lipinski definition) is 0. The molecular weight excluding hydrogens is 921 g/mol. The molecule has 10 aromatic carbocycles. The third kappa shape index (κ3) is 8.20. The first-order chi connectivity index (χ1) is 37.7. The standard InChI is InChI=1S/C72H56N4/c1-5-19-51(20-6-1)55-23-17-29-61(47-55)73(63-43-45-71-67(49-63)65-31-13-15-33-69(65)75(71)57-25-9-3-10-26-57)59-39-35-53(36-40-59)54-37-41-60(42-38-54)74(62-30-18-24-56(48-62)52-21-7-2-8-22-52)64-44-46-72-68(50-64)66-32-14-16-34-70(66)76(72)58-27-11-4-12-28-58/h1,3-7,9-15,17-33,35-50,66,70H,2,8,16,34H2. The van der Waals surface area contributed by atoms with E-state index in [2.05, 4.69) is 298 Å². The third-order valence-corrected chi connectivity index (χ3v) is 15.8. The lowest BCUT2D eigenvalue weighted by Gasteiger charge is -2.31. The van der Waals surface area contributed by atoms with Crippen molar-refractivity contribution in [1.82, 2.24) is 4.57 Å². The van der Waals surface area contributed by atoms with Gasteiger partial charge in [-0.3, -0.25) is 0 Å². The van der Waals surface area contributed by atoms with Crippen molar-refractivity contribution in [3.8, 4) is 27.9 Å². The molecule has 2 unspecified atom stereocenters. The summed E-state index contributed by atoms with van der Waals surface area (Å²) in [6.45, 7) is 0. The Morgan fingerprint density at radius 1 is 0.368 bits per heavy atom. The summed E-state index contributed by atoms with van der Waals surface area (Å²) in [5.41, 5.74) is 21.4. The van der Waals surface area contributed by atoms with Crippen molar-refractivity contribution in [2.75, 3.05) is 14.7 Å². The van der Waals surface area contributed by atoms with Crippen molar-refractivity contribution in [2.24, 2.45) is 0 Å². The second-order valence-electron chi connectivity index (χ2n) is 20.3. The van der Waals surface area contributed by atoms with Crippen LogP contribution in [0, 0.1) is 0 Å². The summed E-state index contributed by atoms with van der Waals surface area (Å²) >= 11 is 0. The van der Waals surface area contributed by atoms with Crippen LogP contribution >= 0.6 is 0 Å². The molecule has 4 heteroatoms. The van der Waals surface area contributed by atoms with E-state index in [-0.39, 0.29) is 0 Å². The van der Waals surface area contributed by atoms with Crippen molar-refractivity contribution in [3.05, 3.63) is 290 Å². The second kappa shape index (κ2) is 19.5. The second-order valence-corrected chi connectivity index (χ2v) is 20.3. The van der Waals surface area contributed by atoms with Gasteiger partial charge < -0.3 is 19.3 Å². The maximum absolute atomic E-state index is 2.59. The average molecular weight is 977 g/mol. The van der Waals surface area contributed by atoms with Gasteiger partial charge in [-0.1, -0.05) is 164 Å². The summed E-state index contributed by atoms with van der Waals surface area (Å²) in [5.74, 6) is 0.327. The fourth-order valence-electron chi connectivity index (χ4n) is 12.2. The summed E-state index contributed by atoms with van der Waals surface area (Å²) in [6.07, 6.45) is 16.2. The molecule has 0 bridgehead atoms. The number of nitrogens with zero attached hydrogens (tertiary/aromatic N) is 4. The van der Waals surface area contributed by atoms with Gasteiger partial charge in [0.05, 0.1) is 11.0 Å². The minimum atomic E-state index is 0.327. The van der Waals surface area contributed by atoms with Gasteiger partial charge in [-0.25, -0.2) is 0 Å². The molecule has 3 aliphatic rings. The molecule has 4 nitrogen and oxygen atoms in total. The van der Waals surface area contributed by atoms with Crippen LogP contribution in [0.4, 0.5) is 45.5 Å². The zero-order valence-corrected chi connectivity index (χ0v) is 42.3. The van der Waals surface area contributed by atoms with Gasteiger partial charge in [0.25, 0.3) is 0 Å². The summed E-state index contributed by atoms with van der Waals surface area (Å²) in [6, 6.07) is 91.8. The van der Waals surface area contributed by atoms with Crippen molar-refractivity contribution in [1.29, 1.82) is 0 Å². The Morgan fingerprint density at radius 2 is 0.921 bits per heavy atom. The van der Waals surface area contributed by atoms with E-state index in [0.29, 0.717) is 12.0 Å². The van der Waals surface area contributed by atoms with Gasteiger partial charge in [0.15, 0.2) is 0 Å². The van der Waals surface area contributed by atoms with Gasteiger partial charge in [0, 0.05) is 73.9 Å². The Hall–Kier alpha value is -9.38. The monoisotopic (exact) mass is 976 g/mol. The minimum absolute atomic E-state index is 0.327. The first kappa shape index (κ1) is 45.3. The normalized spacial score (nSPS) is 15.6. The molecule has 0 radical (unpaired) electrons. The zero-order chi connectivity index (χ0) is 50.4. The molecule has 0 N–H and O–H groups in total. The van der Waals surface area contributed by atoms with E-state index in [9.17, 15) is 0 Å². The molecule has 2 aliphatic carbocycles. The predicted octanol–water partition coefficient (Wildman–Crippen LogP) is 19.7. The van der Waals surface area contributed by atoms with Crippen LogP contribution in [0.5, 0.6) is 0 Å². The van der Waals surface area contributed by atoms with Crippen molar-refractivity contribution >= 4 is 72.9 Å². The fraction of sp³-hybridized carbons (Fsp3) is 0.0833. The van der Waals surface area contributed by atoms with Gasteiger partial charge in [0.2, 0.25) is 0 Å². The molecule has 364 valence electrons. The van der Waals surface area contributed by atoms with E-state index in [4.69, 9.17) is 0 Å². The summed E-state index contributed by atoms with van der Waals surface area (Å²) < 4.78 is 2.38. The van der Waals surface area contributed by atoms with E-state index in [1.807, 2.05) is 0 Å². The van der Waals surface area contributed by atoms with Gasteiger partial charge in [-0.2, -0.15) is 0 Å². The summed E-state index contributed by atoms with van der Waals surface area (Å²) in [5, 5.41) is 2.44. The lowest BCUT2D eigenvalue weighted by Crippen LogP contribution is -2.30. The lowest BCUT2D eigenvalue weighted by molar-refractivity contribution is 0.565. The minimum Gasteiger partial charge on any atom is -0.337 e. The Kier molecular flexibility index (Phi) is 11.6. The topological polar surface area (TPSA) is 14.7 Å². The number of para-hydroxylation sites is 3. The molecule has 2 heterocycles. The maximum atomic E-state index is 2.59. The third-order valence-electron chi connectivity index (χ3n) is 15.8. The summed E-state index contributed by atoms with van der Waals surface area (Å²) in [7, 11) is 0. The fourth-order valence-corrected chi connectivity index (χ4v) is 12.2. The highest BCUT2D eigenvalue weighted by Crippen LogP contribution is 2.51. The molecule has 11 aromatic rings. The predicted molar refractivity (Wildman–Crippen MR) is 321 cm³/mol. The number of hydrogen-bond acceptors (Lipinski definition) is 3. The molecule has 0 amide bonds. The van der Waals surface area contributed by atoms with Crippen molar-refractivity contribution < 1.29 is 0 Å². The van der Waals surface area contributed by atoms with Crippen LogP contribution < -0.4 is 14.7 Å². The van der Waals surface area contributed by atoms with Crippen LogP contribution in [0.15, 0.2) is 279 Å². The highest BCUT2D eigenvalue weighted by molar-refractivity contribution is 6.10. The first-order valence-electron chi connectivity index (χ1n) is 26.9. The quantitative estimate of drug-likeness (QED) is 0.120. The van der Waals surface area contributed by atoms with Gasteiger partial charge in [0.1, 0.15) is 0 Å². The van der Waals surface area contributed by atoms with Crippen LogP contribution in [0.1, 0.15) is 42.7 Å². The molecule has 1 aliphatic heterocycles. The van der Waals surface area contributed by atoms with Gasteiger partial charge in [-0.15, -0.1) is 0 Å². The molecule has 0 saturated carbocycles. The van der Waals surface area contributed by atoms with Crippen LogP contribution in [-0.2, 0) is 0 Å². The Morgan fingerprint density at radius 3 is 1.62 bits per heavy atom. The number of benzene rings is 10. The largest absolute Gasteiger partial charge is 0.337 e. The maximum Gasteiger partial charge on any atom is 0.0542 e. The van der Waals surface area contributed by atoms with E-state index >= 15 is 0 Å². The number of rotatable bonds is 11. The number of allylic oxidation sites excluding steroid dienone is 5. The van der Waals surface area contributed by atoms with Crippen LogP contribution in [0.3, 0.4) is 0 Å². The van der Waals surface area contributed by atoms with Crippen LogP contribution in [0.25, 0.3) is 55.3 Å². The SMILES string of the molecule is C1=CC(c2cccc(N(c3ccc(-c4ccc(N(c5cccc(-c6ccccc6)c5)c5ccc6c(c5)c5ccccc5n6-c5ccccc5)cc4)cc3)c3ccc4c(c3)C3C=CCCC3N4c3ccccc3)c2)=CCC1. The lowest BCUT2D eigenvalue weighted by atomic mass is 9.87. The number of fused-ring (bicyclic) bond motifs is 6. The highest BCUT2D eigenvalue weighted by Gasteiger charge is 2.39. The van der Waals surface area contributed by atoms with E-state index in [1.165, 1.54) is 61.0 Å². The van der Waals surface area contributed by atoms with E-state index < -0.39 is 0 Å². The van der Waals surface area contributed by atoms with Gasteiger partial charge >= 0.3 is 0 Å². The number of anilines is 8. The molecule has 0 fully saturated rings.